The molecule has 0 saturated heterocycles. The van der Waals surface area contributed by atoms with E-state index in [2.05, 4.69) is 52.3 Å². The van der Waals surface area contributed by atoms with Gasteiger partial charge in [0, 0.05) is 22.1 Å². The second-order valence-electron chi connectivity index (χ2n) is 7.29. The molecule has 0 aliphatic rings. The second-order valence-corrected chi connectivity index (χ2v) is 7.29. The Hall–Kier alpha value is -3.53. The van der Waals surface area contributed by atoms with Crippen molar-refractivity contribution in [1.82, 2.24) is 5.32 Å². The van der Waals surface area contributed by atoms with E-state index < -0.39 is 0 Å². The van der Waals surface area contributed by atoms with E-state index in [1.54, 1.807) is 0 Å². The van der Waals surface area contributed by atoms with Gasteiger partial charge in [0.05, 0.1) is 6.17 Å². The standard InChI is InChI=1S/C25H25N3O/c1-17(26-23-15-7-11-19-9-3-5-13-21(19)23)25(29)28-18(2)27-24-16-8-12-20-10-4-6-14-22(20)24/h3-18,26-27H,1-2H3,(H,28,29). The van der Waals surface area contributed by atoms with E-state index in [1.807, 2.05) is 62.4 Å². The van der Waals surface area contributed by atoms with Crippen LogP contribution in [0.2, 0.25) is 0 Å². The first-order chi connectivity index (χ1) is 14.1. The molecule has 4 heteroatoms. The molecular formula is C25H25N3O. The minimum atomic E-state index is -0.363. The number of nitrogens with one attached hydrogen (secondary N) is 3. The molecule has 0 saturated carbocycles. The Bertz CT molecular complexity index is 1140. The Kier molecular flexibility index (Phi) is 5.34. The third-order valence-electron chi connectivity index (χ3n) is 5.08. The predicted molar refractivity (Wildman–Crippen MR) is 122 cm³/mol. The summed E-state index contributed by atoms with van der Waals surface area (Å²) in [6, 6.07) is 28.2. The molecule has 0 bridgehead atoms. The first kappa shape index (κ1) is 18.8. The van der Waals surface area contributed by atoms with Crippen LogP contribution in [0.15, 0.2) is 84.9 Å². The zero-order valence-electron chi connectivity index (χ0n) is 16.6. The van der Waals surface area contributed by atoms with Gasteiger partial charge in [0.25, 0.3) is 0 Å². The van der Waals surface area contributed by atoms with Gasteiger partial charge >= 0.3 is 0 Å². The number of amides is 1. The van der Waals surface area contributed by atoms with Gasteiger partial charge in [-0.3, -0.25) is 4.79 Å². The Morgan fingerprint density at radius 1 is 0.655 bits per heavy atom. The van der Waals surface area contributed by atoms with Crippen molar-refractivity contribution in [2.24, 2.45) is 0 Å². The van der Waals surface area contributed by atoms with Crippen LogP contribution in [0.5, 0.6) is 0 Å². The van der Waals surface area contributed by atoms with E-state index in [9.17, 15) is 4.79 Å². The Labute approximate surface area is 170 Å². The first-order valence-corrected chi connectivity index (χ1v) is 9.91. The molecule has 2 unspecified atom stereocenters. The molecule has 0 heterocycles. The van der Waals surface area contributed by atoms with Gasteiger partial charge in [0.2, 0.25) is 5.91 Å². The third kappa shape index (κ3) is 4.16. The lowest BCUT2D eigenvalue weighted by atomic mass is 10.1. The quantitative estimate of drug-likeness (QED) is 0.393. The van der Waals surface area contributed by atoms with Crippen LogP contribution in [0.1, 0.15) is 13.8 Å². The highest BCUT2D eigenvalue weighted by Crippen LogP contribution is 2.24. The summed E-state index contributed by atoms with van der Waals surface area (Å²) < 4.78 is 0. The molecule has 2 atom stereocenters. The van der Waals surface area contributed by atoms with Crippen LogP contribution in [0.25, 0.3) is 21.5 Å². The van der Waals surface area contributed by atoms with E-state index in [-0.39, 0.29) is 18.1 Å². The van der Waals surface area contributed by atoms with Gasteiger partial charge in [0.1, 0.15) is 6.04 Å². The molecule has 0 aliphatic carbocycles. The van der Waals surface area contributed by atoms with Gasteiger partial charge in [-0.05, 0) is 36.8 Å². The Morgan fingerprint density at radius 3 is 1.72 bits per heavy atom. The second kappa shape index (κ2) is 8.23. The van der Waals surface area contributed by atoms with Crippen LogP contribution < -0.4 is 16.0 Å². The van der Waals surface area contributed by atoms with Gasteiger partial charge < -0.3 is 16.0 Å². The maximum atomic E-state index is 12.7. The first-order valence-electron chi connectivity index (χ1n) is 9.91. The molecule has 29 heavy (non-hydrogen) atoms. The van der Waals surface area contributed by atoms with E-state index in [1.165, 1.54) is 5.39 Å². The van der Waals surface area contributed by atoms with Crippen LogP contribution in [-0.2, 0) is 4.79 Å². The number of rotatable bonds is 6. The summed E-state index contributed by atoms with van der Waals surface area (Å²) in [6.45, 7) is 3.83. The number of hydrogen-bond acceptors (Lipinski definition) is 3. The number of fused-ring (bicyclic) bond motifs is 2. The van der Waals surface area contributed by atoms with Gasteiger partial charge in [-0.1, -0.05) is 72.8 Å². The van der Waals surface area contributed by atoms with Crippen LogP contribution in [0.3, 0.4) is 0 Å². The topological polar surface area (TPSA) is 53.2 Å². The van der Waals surface area contributed by atoms with Crippen LogP contribution in [0.4, 0.5) is 11.4 Å². The largest absolute Gasteiger partial charge is 0.373 e. The van der Waals surface area contributed by atoms with E-state index in [0.29, 0.717) is 0 Å². The maximum absolute atomic E-state index is 12.7. The van der Waals surface area contributed by atoms with Crippen LogP contribution in [-0.4, -0.2) is 18.1 Å². The average molecular weight is 383 g/mol. The molecule has 4 aromatic carbocycles. The van der Waals surface area contributed by atoms with Gasteiger partial charge in [0.15, 0.2) is 0 Å². The van der Waals surface area contributed by atoms with Crippen molar-refractivity contribution in [3.63, 3.8) is 0 Å². The molecule has 0 fully saturated rings. The minimum Gasteiger partial charge on any atom is -0.373 e. The van der Waals surface area contributed by atoms with Crippen LogP contribution in [0, 0.1) is 0 Å². The zero-order chi connectivity index (χ0) is 20.2. The Balaban J connectivity index is 1.43. The SMILES string of the molecule is CC(NC(=O)C(C)Nc1cccc2ccccc12)Nc1cccc2ccccc12. The van der Waals surface area contributed by atoms with Crippen molar-refractivity contribution in [3.05, 3.63) is 84.9 Å². The summed E-state index contributed by atoms with van der Waals surface area (Å²) >= 11 is 0. The number of benzene rings is 4. The zero-order valence-corrected chi connectivity index (χ0v) is 16.6. The van der Waals surface area contributed by atoms with Crippen LogP contribution >= 0.6 is 0 Å². The van der Waals surface area contributed by atoms with Gasteiger partial charge in [-0.15, -0.1) is 0 Å². The highest BCUT2D eigenvalue weighted by Gasteiger charge is 2.16. The highest BCUT2D eigenvalue weighted by atomic mass is 16.2. The lowest BCUT2D eigenvalue weighted by Crippen LogP contribution is -2.45. The summed E-state index contributed by atoms with van der Waals surface area (Å²) in [5.41, 5.74) is 1.96. The molecule has 146 valence electrons. The fraction of sp³-hybridized carbons (Fsp3) is 0.160. The minimum absolute atomic E-state index is 0.0572. The fourth-order valence-electron chi connectivity index (χ4n) is 3.61. The third-order valence-corrected chi connectivity index (χ3v) is 5.08. The molecule has 0 aromatic heterocycles. The molecule has 4 nitrogen and oxygen atoms in total. The van der Waals surface area contributed by atoms with Gasteiger partial charge in [-0.25, -0.2) is 0 Å². The average Bonchev–Trinajstić information content (AvgIpc) is 2.74. The lowest BCUT2D eigenvalue weighted by Gasteiger charge is -2.22. The van der Waals surface area contributed by atoms with E-state index >= 15 is 0 Å². The number of anilines is 2. The number of carbonyl (C=O) groups excluding carboxylic acids is 1. The lowest BCUT2D eigenvalue weighted by molar-refractivity contribution is -0.121. The smallest absolute Gasteiger partial charge is 0.243 e. The summed E-state index contributed by atoms with van der Waals surface area (Å²) in [5.74, 6) is -0.0572. The van der Waals surface area contributed by atoms with Crippen molar-refractivity contribution in [1.29, 1.82) is 0 Å². The Morgan fingerprint density at radius 2 is 1.14 bits per heavy atom. The monoisotopic (exact) mass is 383 g/mol. The normalized spacial score (nSPS) is 13.0. The van der Waals surface area contributed by atoms with Crippen molar-refractivity contribution < 1.29 is 4.79 Å². The summed E-state index contributed by atoms with van der Waals surface area (Å²) in [5, 5.41) is 14.4. The van der Waals surface area contributed by atoms with E-state index in [0.717, 1.165) is 27.5 Å². The molecule has 3 N–H and O–H groups in total. The van der Waals surface area contributed by atoms with E-state index in [4.69, 9.17) is 0 Å². The number of hydrogen-bond donors (Lipinski definition) is 3. The van der Waals surface area contributed by atoms with Crippen molar-refractivity contribution in [2.75, 3.05) is 10.6 Å². The van der Waals surface area contributed by atoms with Crippen molar-refractivity contribution in [2.45, 2.75) is 26.1 Å². The molecule has 4 aromatic rings. The summed E-state index contributed by atoms with van der Waals surface area (Å²) in [4.78, 5) is 12.7. The van der Waals surface area contributed by atoms with Gasteiger partial charge in [-0.2, -0.15) is 0 Å². The summed E-state index contributed by atoms with van der Waals surface area (Å²) in [6.07, 6.45) is -0.204. The highest BCUT2D eigenvalue weighted by molar-refractivity contribution is 5.96. The molecule has 0 radical (unpaired) electrons. The fourth-order valence-corrected chi connectivity index (χ4v) is 3.61. The molecule has 4 rings (SSSR count). The number of carbonyl (C=O) groups is 1. The molecule has 0 spiro atoms. The van der Waals surface area contributed by atoms with Crippen molar-refractivity contribution >= 4 is 38.8 Å². The summed E-state index contributed by atoms with van der Waals surface area (Å²) in [7, 11) is 0. The molecule has 1 amide bonds. The molecular weight excluding hydrogens is 358 g/mol. The molecule has 0 aliphatic heterocycles. The van der Waals surface area contributed by atoms with Crippen molar-refractivity contribution in [3.8, 4) is 0 Å². The predicted octanol–water partition coefficient (Wildman–Crippen LogP) is 5.37. The maximum Gasteiger partial charge on any atom is 0.243 e.